The van der Waals surface area contributed by atoms with Crippen LogP contribution >= 0.6 is 0 Å². The minimum atomic E-state index is 0.0298. The second-order valence-electron chi connectivity index (χ2n) is 4.74. The largest absolute Gasteiger partial charge is 0.508 e. The minimum absolute atomic E-state index is 0.0298. The Kier molecular flexibility index (Phi) is 5.01. The van der Waals surface area contributed by atoms with Crippen molar-refractivity contribution in [2.45, 2.75) is 12.5 Å². The minimum Gasteiger partial charge on any atom is -0.508 e. The van der Waals surface area contributed by atoms with Gasteiger partial charge in [-0.05, 0) is 24.6 Å². The SMILES string of the molecule is COc1ccc(O)c([C@@H](CCO)N2CCNCC2)c1. The van der Waals surface area contributed by atoms with Gasteiger partial charge in [-0.25, -0.2) is 0 Å². The van der Waals surface area contributed by atoms with Gasteiger partial charge in [0.25, 0.3) is 0 Å². The van der Waals surface area contributed by atoms with Gasteiger partial charge in [0, 0.05) is 44.4 Å². The third-order valence-electron chi connectivity index (χ3n) is 3.59. The number of phenolic OH excluding ortho intramolecular Hbond substituents is 1. The summed E-state index contributed by atoms with van der Waals surface area (Å²) in [5.74, 6) is 0.989. The van der Waals surface area contributed by atoms with E-state index in [0.717, 1.165) is 37.5 Å². The number of piperazine rings is 1. The second kappa shape index (κ2) is 6.75. The Morgan fingerprint density at radius 3 is 2.74 bits per heavy atom. The average molecular weight is 266 g/mol. The first kappa shape index (κ1) is 14.1. The van der Waals surface area contributed by atoms with Crippen LogP contribution in [0.25, 0.3) is 0 Å². The highest BCUT2D eigenvalue weighted by Gasteiger charge is 2.24. The van der Waals surface area contributed by atoms with Crippen molar-refractivity contribution in [1.82, 2.24) is 10.2 Å². The number of aliphatic hydroxyl groups is 1. The zero-order valence-electron chi connectivity index (χ0n) is 11.3. The summed E-state index contributed by atoms with van der Waals surface area (Å²) >= 11 is 0. The number of phenols is 1. The zero-order valence-corrected chi connectivity index (χ0v) is 11.3. The van der Waals surface area contributed by atoms with Crippen molar-refractivity contribution in [2.24, 2.45) is 0 Å². The number of ether oxygens (including phenoxy) is 1. The molecule has 1 aromatic rings. The van der Waals surface area contributed by atoms with Gasteiger partial charge in [-0.2, -0.15) is 0 Å². The molecule has 1 aromatic carbocycles. The van der Waals surface area contributed by atoms with Crippen LogP contribution in [0.15, 0.2) is 18.2 Å². The van der Waals surface area contributed by atoms with Crippen molar-refractivity contribution in [3.05, 3.63) is 23.8 Å². The molecule has 1 aliphatic rings. The maximum Gasteiger partial charge on any atom is 0.120 e. The van der Waals surface area contributed by atoms with Crippen LogP contribution in [0.5, 0.6) is 11.5 Å². The van der Waals surface area contributed by atoms with Crippen LogP contribution in [0, 0.1) is 0 Å². The van der Waals surface area contributed by atoms with E-state index in [1.54, 1.807) is 19.2 Å². The van der Waals surface area contributed by atoms with E-state index in [0.29, 0.717) is 6.42 Å². The molecule has 0 bridgehead atoms. The zero-order chi connectivity index (χ0) is 13.7. The Hall–Kier alpha value is -1.30. The van der Waals surface area contributed by atoms with Crippen molar-refractivity contribution in [1.29, 1.82) is 0 Å². The Morgan fingerprint density at radius 1 is 1.37 bits per heavy atom. The molecule has 0 aromatic heterocycles. The topological polar surface area (TPSA) is 65.0 Å². The molecular formula is C14H22N2O3. The molecule has 5 nitrogen and oxygen atoms in total. The van der Waals surface area contributed by atoms with Crippen LogP contribution in [0.2, 0.25) is 0 Å². The van der Waals surface area contributed by atoms with Crippen LogP contribution in [0.1, 0.15) is 18.0 Å². The molecule has 1 atom stereocenters. The molecule has 19 heavy (non-hydrogen) atoms. The summed E-state index contributed by atoms with van der Waals surface area (Å²) in [5.41, 5.74) is 0.829. The molecule has 0 saturated carbocycles. The van der Waals surface area contributed by atoms with E-state index in [9.17, 15) is 10.2 Å². The summed E-state index contributed by atoms with van der Waals surface area (Å²) < 4.78 is 5.22. The molecule has 0 radical (unpaired) electrons. The molecule has 5 heteroatoms. The van der Waals surface area contributed by atoms with Crippen LogP contribution in [-0.2, 0) is 0 Å². The molecule has 1 aliphatic heterocycles. The van der Waals surface area contributed by atoms with Gasteiger partial charge < -0.3 is 20.3 Å². The van der Waals surface area contributed by atoms with E-state index in [-0.39, 0.29) is 18.4 Å². The molecule has 1 heterocycles. The van der Waals surface area contributed by atoms with Crippen molar-refractivity contribution < 1.29 is 14.9 Å². The van der Waals surface area contributed by atoms with Gasteiger partial charge in [0.2, 0.25) is 0 Å². The number of aliphatic hydroxyl groups excluding tert-OH is 1. The Morgan fingerprint density at radius 2 is 2.11 bits per heavy atom. The molecule has 0 aliphatic carbocycles. The lowest BCUT2D eigenvalue weighted by Gasteiger charge is -2.35. The van der Waals surface area contributed by atoms with Crippen molar-refractivity contribution in [2.75, 3.05) is 39.9 Å². The molecular weight excluding hydrogens is 244 g/mol. The summed E-state index contributed by atoms with van der Waals surface area (Å²) in [7, 11) is 1.61. The smallest absolute Gasteiger partial charge is 0.120 e. The molecule has 0 amide bonds. The summed E-state index contributed by atoms with van der Waals surface area (Å²) in [6, 6.07) is 5.28. The summed E-state index contributed by atoms with van der Waals surface area (Å²) in [4.78, 5) is 2.29. The molecule has 3 N–H and O–H groups in total. The molecule has 1 saturated heterocycles. The summed E-state index contributed by atoms with van der Waals surface area (Å²) in [6.07, 6.45) is 0.612. The van der Waals surface area contributed by atoms with Crippen LogP contribution < -0.4 is 10.1 Å². The number of nitrogens with one attached hydrogen (secondary N) is 1. The highest BCUT2D eigenvalue weighted by molar-refractivity contribution is 5.41. The fourth-order valence-corrected chi connectivity index (χ4v) is 2.58. The lowest BCUT2D eigenvalue weighted by Crippen LogP contribution is -2.45. The van der Waals surface area contributed by atoms with Crippen LogP contribution in [0.4, 0.5) is 0 Å². The lowest BCUT2D eigenvalue weighted by atomic mass is 10.00. The fraction of sp³-hybridized carbons (Fsp3) is 0.571. The summed E-state index contributed by atoms with van der Waals surface area (Å²) in [6.45, 7) is 3.81. The Labute approximate surface area is 113 Å². The maximum absolute atomic E-state index is 10.1. The first-order valence-electron chi connectivity index (χ1n) is 6.68. The van der Waals surface area contributed by atoms with Crippen molar-refractivity contribution >= 4 is 0 Å². The Balaban J connectivity index is 2.26. The molecule has 106 valence electrons. The lowest BCUT2D eigenvalue weighted by molar-refractivity contribution is 0.139. The number of methoxy groups -OCH3 is 1. The van der Waals surface area contributed by atoms with Crippen LogP contribution in [0.3, 0.4) is 0 Å². The predicted octanol–water partition coefficient (Wildman–Crippen LogP) is 0.729. The first-order chi connectivity index (χ1) is 9.26. The number of hydrogen-bond donors (Lipinski definition) is 3. The number of nitrogens with zero attached hydrogens (tertiary/aromatic N) is 1. The highest BCUT2D eigenvalue weighted by atomic mass is 16.5. The van der Waals surface area contributed by atoms with E-state index >= 15 is 0 Å². The average Bonchev–Trinajstić information content (AvgIpc) is 2.47. The maximum atomic E-state index is 10.1. The Bertz CT molecular complexity index is 406. The number of hydrogen-bond acceptors (Lipinski definition) is 5. The third-order valence-corrected chi connectivity index (χ3v) is 3.59. The molecule has 0 unspecified atom stereocenters. The second-order valence-corrected chi connectivity index (χ2v) is 4.74. The van der Waals surface area contributed by atoms with E-state index in [1.807, 2.05) is 6.07 Å². The van der Waals surface area contributed by atoms with Gasteiger partial charge in [-0.3, -0.25) is 4.90 Å². The number of rotatable bonds is 5. The quantitative estimate of drug-likeness (QED) is 0.733. The monoisotopic (exact) mass is 266 g/mol. The highest BCUT2D eigenvalue weighted by Crippen LogP contribution is 2.34. The van der Waals surface area contributed by atoms with Crippen molar-refractivity contribution in [3.8, 4) is 11.5 Å². The normalized spacial score (nSPS) is 18.2. The predicted molar refractivity (Wildman–Crippen MR) is 73.5 cm³/mol. The van der Waals surface area contributed by atoms with E-state index in [4.69, 9.17) is 4.74 Å². The van der Waals surface area contributed by atoms with Gasteiger partial charge in [0.1, 0.15) is 11.5 Å². The van der Waals surface area contributed by atoms with Gasteiger partial charge >= 0.3 is 0 Å². The van der Waals surface area contributed by atoms with E-state index < -0.39 is 0 Å². The fourth-order valence-electron chi connectivity index (χ4n) is 2.58. The molecule has 0 spiro atoms. The standard InChI is InChI=1S/C14H22N2O3/c1-19-11-2-3-14(18)12(10-11)13(4-9-17)16-7-5-15-6-8-16/h2-3,10,13,15,17-18H,4-9H2,1H3/t13-/m1/s1. The van der Waals surface area contributed by atoms with Gasteiger partial charge in [0.05, 0.1) is 7.11 Å². The third kappa shape index (κ3) is 3.37. The number of aromatic hydroxyl groups is 1. The van der Waals surface area contributed by atoms with Gasteiger partial charge in [-0.1, -0.05) is 0 Å². The summed E-state index contributed by atoms with van der Waals surface area (Å²) in [5, 5.41) is 22.7. The van der Waals surface area contributed by atoms with Crippen LogP contribution in [-0.4, -0.2) is 55.0 Å². The molecule has 2 rings (SSSR count). The van der Waals surface area contributed by atoms with Gasteiger partial charge in [0.15, 0.2) is 0 Å². The first-order valence-corrected chi connectivity index (χ1v) is 6.68. The molecule has 1 fully saturated rings. The van der Waals surface area contributed by atoms with Gasteiger partial charge in [-0.15, -0.1) is 0 Å². The van der Waals surface area contributed by atoms with Crippen molar-refractivity contribution in [3.63, 3.8) is 0 Å². The number of benzene rings is 1. The van der Waals surface area contributed by atoms with E-state index in [1.165, 1.54) is 0 Å². The van der Waals surface area contributed by atoms with E-state index in [2.05, 4.69) is 10.2 Å².